The fourth-order valence-corrected chi connectivity index (χ4v) is 5.85. The molecule has 1 N–H and O–H groups in total. The average Bonchev–Trinajstić information content (AvgIpc) is 2.94. The van der Waals surface area contributed by atoms with Crippen LogP contribution in [0.2, 0.25) is 0 Å². The fourth-order valence-electron chi connectivity index (χ4n) is 5.85. The number of aliphatic hydroxyl groups is 1. The molecular formula is C35H45FO3. The molecule has 0 aliphatic rings. The van der Waals surface area contributed by atoms with Crippen molar-refractivity contribution >= 4 is 5.97 Å². The SMILES string of the molecule is CCC(O)(CC)CCc1ccc(C(CC)(CC)c2ccc(-c3ccc(CC(=O)OC)c(F)c3)c(C)c2)cc1C. The highest BCUT2D eigenvalue weighted by Crippen LogP contribution is 2.41. The number of halogens is 1. The van der Waals surface area contributed by atoms with Gasteiger partial charge in [-0.25, -0.2) is 4.39 Å². The van der Waals surface area contributed by atoms with E-state index in [1.165, 1.54) is 35.4 Å². The number of benzene rings is 3. The van der Waals surface area contributed by atoms with Crippen LogP contribution in [0.4, 0.5) is 4.39 Å². The van der Waals surface area contributed by atoms with E-state index in [9.17, 15) is 14.3 Å². The predicted octanol–water partition coefficient (Wildman–Crippen LogP) is 8.41. The van der Waals surface area contributed by atoms with Crippen LogP contribution in [-0.2, 0) is 27.8 Å². The Balaban J connectivity index is 1.93. The Morgan fingerprint density at radius 1 is 0.821 bits per heavy atom. The third-order valence-electron chi connectivity index (χ3n) is 8.98. The van der Waals surface area contributed by atoms with Crippen LogP contribution in [0.5, 0.6) is 0 Å². The van der Waals surface area contributed by atoms with E-state index in [-0.39, 0.29) is 11.8 Å². The Labute approximate surface area is 234 Å². The number of aryl methyl sites for hydroxylation is 3. The first-order chi connectivity index (χ1) is 18.6. The van der Waals surface area contributed by atoms with Gasteiger partial charge >= 0.3 is 5.97 Å². The van der Waals surface area contributed by atoms with Crippen LogP contribution in [0.15, 0.2) is 54.6 Å². The normalized spacial score (nSPS) is 12.0. The van der Waals surface area contributed by atoms with Gasteiger partial charge in [0.25, 0.3) is 0 Å². The summed E-state index contributed by atoms with van der Waals surface area (Å²) in [5.41, 5.74) is 7.61. The molecule has 3 aromatic rings. The second-order valence-corrected chi connectivity index (χ2v) is 11.0. The van der Waals surface area contributed by atoms with E-state index in [0.29, 0.717) is 5.56 Å². The van der Waals surface area contributed by atoms with Gasteiger partial charge in [0.05, 0.1) is 19.1 Å². The summed E-state index contributed by atoms with van der Waals surface area (Å²) >= 11 is 0. The average molecular weight is 533 g/mol. The first-order valence-electron chi connectivity index (χ1n) is 14.4. The second kappa shape index (κ2) is 12.9. The molecule has 0 radical (unpaired) electrons. The maximum atomic E-state index is 14.8. The number of carbonyl (C=O) groups excluding carboxylic acids is 1. The van der Waals surface area contributed by atoms with Crippen molar-refractivity contribution in [1.29, 1.82) is 0 Å². The van der Waals surface area contributed by atoms with E-state index < -0.39 is 17.4 Å². The number of carbonyl (C=O) groups is 1. The molecule has 3 aromatic carbocycles. The summed E-state index contributed by atoms with van der Waals surface area (Å²) in [6, 6.07) is 18.4. The number of ether oxygens (including phenoxy) is 1. The van der Waals surface area contributed by atoms with Gasteiger partial charge in [0.15, 0.2) is 0 Å². The van der Waals surface area contributed by atoms with Gasteiger partial charge in [-0.05, 0) is 103 Å². The molecule has 3 nitrogen and oxygen atoms in total. The van der Waals surface area contributed by atoms with E-state index in [2.05, 4.69) is 82.7 Å². The van der Waals surface area contributed by atoms with Gasteiger partial charge in [0.2, 0.25) is 0 Å². The molecule has 0 atom stereocenters. The molecule has 4 heteroatoms. The lowest BCUT2D eigenvalue weighted by atomic mass is 9.69. The van der Waals surface area contributed by atoms with Crippen molar-refractivity contribution < 1.29 is 19.0 Å². The molecule has 0 saturated heterocycles. The van der Waals surface area contributed by atoms with Crippen molar-refractivity contribution in [2.24, 2.45) is 0 Å². The third-order valence-corrected chi connectivity index (χ3v) is 8.98. The van der Waals surface area contributed by atoms with Crippen LogP contribution < -0.4 is 0 Å². The molecular weight excluding hydrogens is 487 g/mol. The minimum absolute atomic E-state index is 0.0770. The highest BCUT2D eigenvalue weighted by atomic mass is 19.1. The standard InChI is InChI=1S/C35H45FO3/c1-8-34(38,9-2)19-18-26-14-15-29(20-24(26)5)35(10-3,11-4)30-16-17-31(25(6)21-30)27-12-13-28(32(36)22-27)23-33(37)39-7/h12-17,20-22,38H,8-11,18-19,23H2,1-7H3. The Morgan fingerprint density at radius 3 is 1.92 bits per heavy atom. The maximum Gasteiger partial charge on any atom is 0.310 e. The molecule has 0 unspecified atom stereocenters. The van der Waals surface area contributed by atoms with Gasteiger partial charge in [-0.1, -0.05) is 76.2 Å². The zero-order valence-electron chi connectivity index (χ0n) is 24.8. The smallest absolute Gasteiger partial charge is 0.310 e. The molecule has 0 spiro atoms. The minimum Gasteiger partial charge on any atom is -0.469 e. The number of rotatable bonds is 12. The lowest BCUT2D eigenvalue weighted by Gasteiger charge is -2.34. The topological polar surface area (TPSA) is 46.5 Å². The zero-order chi connectivity index (χ0) is 28.8. The van der Waals surface area contributed by atoms with Crippen molar-refractivity contribution in [1.82, 2.24) is 0 Å². The first-order valence-corrected chi connectivity index (χ1v) is 14.4. The van der Waals surface area contributed by atoms with Gasteiger partial charge in [0.1, 0.15) is 5.82 Å². The van der Waals surface area contributed by atoms with E-state index in [0.717, 1.165) is 55.2 Å². The lowest BCUT2D eigenvalue weighted by Crippen LogP contribution is -2.28. The quantitative estimate of drug-likeness (QED) is 0.238. The van der Waals surface area contributed by atoms with Crippen LogP contribution in [0.25, 0.3) is 11.1 Å². The number of hydrogen-bond donors (Lipinski definition) is 1. The van der Waals surface area contributed by atoms with Gasteiger partial charge < -0.3 is 9.84 Å². The van der Waals surface area contributed by atoms with Crippen molar-refractivity contribution in [3.63, 3.8) is 0 Å². The minimum atomic E-state index is -0.592. The van der Waals surface area contributed by atoms with E-state index in [4.69, 9.17) is 0 Å². The van der Waals surface area contributed by atoms with Crippen molar-refractivity contribution in [2.75, 3.05) is 7.11 Å². The highest BCUT2D eigenvalue weighted by molar-refractivity contribution is 5.74. The summed E-state index contributed by atoms with van der Waals surface area (Å²) in [6.07, 6.45) is 5.04. The number of hydrogen-bond acceptors (Lipinski definition) is 3. The molecule has 0 bridgehead atoms. The summed E-state index contributed by atoms with van der Waals surface area (Å²) in [7, 11) is 1.31. The maximum absolute atomic E-state index is 14.8. The molecule has 0 heterocycles. The van der Waals surface area contributed by atoms with Crippen LogP contribution in [0, 0.1) is 19.7 Å². The first kappa shape index (κ1) is 30.6. The van der Waals surface area contributed by atoms with Gasteiger partial charge in [-0.15, -0.1) is 0 Å². The molecule has 3 rings (SSSR count). The Hall–Kier alpha value is -2.98. The van der Waals surface area contributed by atoms with Crippen molar-refractivity contribution in [2.45, 2.75) is 97.5 Å². The largest absolute Gasteiger partial charge is 0.469 e. The molecule has 0 aromatic heterocycles. The van der Waals surface area contributed by atoms with Gasteiger partial charge in [0, 0.05) is 5.41 Å². The lowest BCUT2D eigenvalue weighted by molar-refractivity contribution is -0.139. The van der Waals surface area contributed by atoms with Crippen LogP contribution in [-0.4, -0.2) is 23.8 Å². The van der Waals surface area contributed by atoms with Crippen LogP contribution in [0.1, 0.15) is 93.2 Å². The highest BCUT2D eigenvalue weighted by Gasteiger charge is 2.31. The molecule has 0 aliphatic carbocycles. The molecule has 0 fully saturated rings. The Kier molecular flexibility index (Phi) is 10.1. The van der Waals surface area contributed by atoms with E-state index in [1.807, 2.05) is 6.07 Å². The van der Waals surface area contributed by atoms with E-state index >= 15 is 0 Å². The molecule has 0 amide bonds. The summed E-state index contributed by atoms with van der Waals surface area (Å²) in [5, 5.41) is 10.8. The van der Waals surface area contributed by atoms with Gasteiger partial charge in [-0.3, -0.25) is 4.79 Å². The molecule has 0 aliphatic heterocycles. The molecule has 210 valence electrons. The van der Waals surface area contributed by atoms with Crippen molar-refractivity contribution in [3.8, 4) is 11.1 Å². The van der Waals surface area contributed by atoms with Crippen molar-refractivity contribution in [3.05, 3.63) is 93.8 Å². The van der Waals surface area contributed by atoms with E-state index in [1.54, 1.807) is 6.07 Å². The second-order valence-electron chi connectivity index (χ2n) is 11.0. The predicted molar refractivity (Wildman–Crippen MR) is 159 cm³/mol. The molecule has 0 saturated carbocycles. The summed E-state index contributed by atoms with van der Waals surface area (Å²) in [4.78, 5) is 11.6. The Bertz CT molecular complexity index is 1290. The van der Waals surface area contributed by atoms with Crippen LogP contribution in [0.3, 0.4) is 0 Å². The summed E-state index contributed by atoms with van der Waals surface area (Å²) in [6.45, 7) is 12.9. The van der Waals surface area contributed by atoms with Gasteiger partial charge in [-0.2, -0.15) is 0 Å². The Morgan fingerprint density at radius 2 is 1.41 bits per heavy atom. The number of esters is 1. The van der Waals surface area contributed by atoms with Crippen LogP contribution >= 0.6 is 0 Å². The summed E-state index contributed by atoms with van der Waals surface area (Å²) in [5.74, 6) is -0.853. The monoisotopic (exact) mass is 532 g/mol. The summed E-state index contributed by atoms with van der Waals surface area (Å²) < 4.78 is 19.5. The zero-order valence-corrected chi connectivity index (χ0v) is 24.8. The molecule has 39 heavy (non-hydrogen) atoms. The third kappa shape index (κ3) is 6.61. The fraction of sp³-hybridized carbons (Fsp3) is 0.457. The number of methoxy groups -OCH3 is 1.